The number of benzene rings is 3. The van der Waals surface area contributed by atoms with Crippen molar-refractivity contribution in [2.24, 2.45) is 0 Å². The molecular formula is C29H28Cl2N2O2. The first kappa shape index (κ1) is 25.1. The fourth-order valence-electron chi connectivity index (χ4n) is 4.58. The molecule has 0 fully saturated rings. The summed E-state index contributed by atoms with van der Waals surface area (Å²) < 4.78 is 6.19. The van der Waals surface area contributed by atoms with E-state index in [0.29, 0.717) is 13.1 Å². The average molecular weight is 507 g/mol. The first-order valence-electron chi connectivity index (χ1n) is 11.5. The molecule has 0 spiro atoms. The van der Waals surface area contributed by atoms with Crippen LogP contribution in [-0.2, 0) is 30.8 Å². The third-order valence-electron chi connectivity index (χ3n) is 6.33. The molecule has 1 aliphatic heterocycles. The van der Waals surface area contributed by atoms with E-state index < -0.39 is 0 Å². The molecule has 4 nitrogen and oxygen atoms in total. The number of hydrogen-bond acceptors (Lipinski definition) is 3. The van der Waals surface area contributed by atoms with Gasteiger partial charge in [-0.3, -0.25) is 4.79 Å². The molecule has 1 aromatic heterocycles. The quantitative estimate of drug-likeness (QED) is 0.271. The number of carbonyl (C=O) groups is 1. The average Bonchev–Trinajstić information content (AvgIpc) is 3.09. The second-order valence-electron chi connectivity index (χ2n) is 8.83. The fourth-order valence-corrected chi connectivity index (χ4v) is 4.83. The van der Waals surface area contributed by atoms with Crippen molar-refractivity contribution < 1.29 is 9.21 Å². The van der Waals surface area contributed by atoms with Crippen molar-refractivity contribution in [1.82, 2.24) is 9.80 Å². The Hall–Kier alpha value is -3.05. The van der Waals surface area contributed by atoms with Gasteiger partial charge in [0.2, 0.25) is 5.91 Å². The van der Waals surface area contributed by atoms with Crippen molar-refractivity contribution in [1.29, 1.82) is 0 Å². The van der Waals surface area contributed by atoms with E-state index in [4.69, 9.17) is 16.0 Å². The highest BCUT2D eigenvalue weighted by molar-refractivity contribution is 6.32. The molecule has 4 aromatic rings. The third-order valence-corrected chi connectivity index (χ3v) is 6.68. The Kier molecular flexibility index (Phi) is 7.97. The Bertz CT molecular complexity index is 1290. The molecule has 180 valence electrons. The van der Waals surface area contributed by atoms with Crippen LogP contribution < -0.4 is 0 Å². The summed E-state index contributed by atoms with van der Waals surface area (Å²) in [4.78, 5) is 17.5. The summed E-state index contributed by atoms with van der Waals surface area (Å²) in [7, 11) is 2.10. The predicted molar refractivity (Wildman–Crippen MR) is 145 cm³/mol. The monoisotopic (exact) mass is 506 g/mol. The van der Waals surface area contributed by atoms with Gasteiger partial charge < -0.3 is 14.2 Å². The lowest BCUT2D eigenvalue weighted by atomic mass is 10.0. The lowest BCUT2D eigenvalue weighted by Gasteiger charge is -2.21. The van der Waals surface area contributed by atoms with Crippen LogP contribution in [0.3, 0.4) is 0 Å². The summed E-state index contributed by atoms with van der Waals surface area (Å²) in [5.41, 5.74) is 5.23. The van der Waals surface area contributed by atoms with E-state index in [1.165, 1.54) is 0 Å². The summed E-state index contributed by atoms with van der Waals surface area (Å²) in [5, 5.41) is 1.86. The highest BCUT2D eigenvalue weighted by atomic mass is 35.5. The van der Waals surface area contributed by atoms with Gasteiger partial charge in [0.25, 0.3) is 0 Å². The van der Waals surface area contributed by atoms with Gasteiger partial charge in [0.05, 0.1) is 0 Å². The number of furan rings is 1. The van der Waals surface area contributed by atoms with Gasteiger partial charge in [-0.15, -0.1) is 12.4 Å². The van der Waals surface area contributed by atoms with Crippen molar-refractivity contribution in [3.63, 3.8) is 0 Å². The zero-order valence-electron chi connectivity index (χ0n) is 19.6. The minimum Gasteiger partial charge on any atom is -0.456 e. The Balaban J connectivity index is 0.00000289. The van der Waals surface area contributed by atoms with Crippen molar-refractivity contribution in [3.05, 3.63) is 112 Å². The van der Waals surface area contributed by atoms with Gasteiger partial charge in [-0.2, -0.15) is 0 Å². The van der Waals surface area contributed by atoms with E-state index >= 15 is 0 Å². The zero-order chi connectivity index (χ0) is 23.5. The molecule has 0 unspecified atom stereocenters. The van der Waals surface area contributed by atoms with E-state index in [9.17, 15) is 4.79 Å². The van der Waals surface area contributed by atoms with Crippen LogP contribution in [0.15, 0.2) is 83.3 Å². The molecule has 35 heavy (non-hydrogen) atoms. The molecule has 0 saturated heterocycles. The topological polar surface area (TPSA) is 36.7 Å². The Morgan fingerprint density at radius 1 is 0.971 bits per heavy atom. The van der Waals surface area contributed by atoms with Gasteiger partial charge in [-0.25, -0.2) is 0 Å². The molecule has 0 atom stereocenters. The van der Waals surface area contributed by atoms with E-state index in [-0.39, 0.29) is 18.3 Å². The third kappa shape index (κ3) is 5.62. The van der Waals surface area contributed by atoms with Gasteiger partial charge in [0.15, 0.2) is 0 Å². The van der Waals surface area contributed by atoms with E-state index in [2.05, 4.69) is 11.9 Å². The largest absolute Gasteiger partial charge is 0.456 e. The van der Waals surface area contributed by atoms with Crippen LogP contribution in [0.2, 0.25) is 5.02 Å². The molecule has 1 amide bonds. The molecular weight excluding hydrogens is 479 g/mol. The molecule has 0 N–H and O–H groups in total. The van der Waals surface area contributed by atoms with Crippen LogP contribution >= 0.6 is 24.0 Å². The summed E-state index contributed by atoms with van der Waals surface area (Å²) >= 11 is 6.52. The Labute approximate surface area is 217 Å². The number of hydrogen-bond donors (Lipinski definition) is 0. The lowest BCUT2D eigenvalue weighted by Crippen LogP contribution is -2.28. The SMILES string of the molecule is CN1CCc2c(Cl)ccc3oc(/C=C/C(=O)N(Cc4ccccc4)Cc4ccccc4)c(c23)C1.Cl. The summed E-state index contributed by atoms with van der Waals surface area (Å²) in [5.74, 6) is 0.667. The van der Waals surface area contributed by atoms with E-state index in [1.807, 2.05) is 83.8 Å². The second-order valence-corrected chi connectivity index (χ2v) is 9.24. The van der Waals surface area contributed by atoms with Gasteiger partial charge in [-0.1, -0.05) is 72.3 Å². The van der Waals surface area contributed by atoms with E-state index in [1.54, 1.807) is 6.08 Å². The van der Waals surface area contributed by atoms with Crippen LogP contribution in [-0.4, -0.2) is 29.3 Å². The lowest BCUT2D eigenvalue weighted by molar-refractivity contribution is -0.127. The molecule has 0 aliphatic carbocycles. The van der Waals surface area contributed by atoms with Crippen LogP contribution in [0.1, 0.15) is 28.0 Å². The van der Waals surface area contributed by atoms with Gasteiger partial charge >= 0.3 is 0 Å². The first-order valence-corrected chi connectivity index (χ1v) is 11.9. The number of likely N-dealkylation sites (N-methyl/N-ethyl adjacent to an activating group) is 1. The summed E-state index contributed by atoms with van der Waals surface area (Å²) in [6, 6.07) is 24.0. The van der Waals surface area contributed by atoms with Crippen LogP contribution in [0.5, 0.6) is 0 Å². The fraction of sp³-hybridized carbons (Fsp3) is 0.207. The van der Waals surface area contributed by atoms with Gasteiger partial charge in [-0.05, 0) is 48.4 Å². The number of rotatable bonds is 6. The van der Waals surface area contributed by atoms with E-state index in [0.717, 1.165) is 63.5 Å². The Morgan fingerprint density at radius 2 is 1.60 bits per heavy atom. The minimum atomic E-state index is -0.0550. The van der Waals surface area contributed by atoms with Crippen LogP contribution in [0, 0.1) is 0 Å². The maximum atomic E-state index is 13.4. The molecule has 2 heterocycles. The molecule has 0 saturated carbocycles. The first-order chi connectivity index (χ1) is 16.6. The summed E-state index contributed by atoms with van der Waals surface area (Å²) in [6.45, 7) is 2.76. The van der Waals surface area contributed by atoms with Crippen molar-refractivity contribution >= 4 is 47.0 Å². The van der Waals surface area contributed by atoms with Gasteiger partial charge in [0, 0.05) is 48.2 Å². The number of carbonyl (C=O) groups excluding carboxylic acids is 1. The smallest absolute Gasteiger partial charge is 0.247 e. The zero-order valence-corrected chi connectivity index (χ0v) is 21.2. The second kappa shape index (κ2) is 11.1. The van der Waals surface area contributed by atoms with Crippen molar-refractivity contribution in [2.45, 2.75) is 26.1 Å². The summed E-state index contributed by atoms with van der Waals surface area (Å²) in [6.07, 6.45) is 4.33. The molecule has 1 aliphatic rings. The van der Waals surface area contributed by atoms with Crippen LogP contribution in [0.25, 0.3) is 17.0 Å². The number of nitrogens with zero attached hydrogens (tertiary/aromatic N) is 2. The van der Waals surface area contributed by atoms with Gasteiger partial charge in [0.1, 0.15) is 11.3 Å². The maximum absolute atomic E-state index is 13.4. The highest BCUT2D eigenvalue weighted by Crippen LogP contribution is 2.36. The molecule has 3 aromatic carbocycles. The predicted octanol–water partition coefficient (Wildman–Crippen LogP) is 6.74. The van der Waals surface area contributed by atoms with Crippen LogP contribution in [0.4, 0.5) is 0 Å². The molecule has 0 bridgehead atoms. The Morgan fingerprint density at radius 3 is 2.23 bits per heavy atom. The van der Waals surface area contributed by atoms with Crippen molar-refractivity contribution in [3.8, 4) is 0 Å². The molecule has 6 heteroatoms. The number of halogens is 2. The normalized spacial score (nSPS) is 13.5. The number of amides is 1. The minimum absolute atomic E-state index is 0. The highest BCUT2D eigenvalue weighted by Gasteiger charge is 2.22. The standard InChI is InChI=1S/C29H27ClN2O2.ClH/c1-31-17-16-23-25(30)12-13-27-29(23)24(20-31)26(34-27)14-15-28(33)32(18-21-8-4-2-5-9-21)19-22-10-6-3-7-11-22;/h2-15H,16-20H2,1H3;1H/b15-14+;. The molecule has 5 rings (SSSR count). The van der Waals surface area contributed by atoms with Crippen molar-refractivity contribution in [2.75, 3.05) is 13.6 Å². The molecule has 0 radical (unpaired) electrons. The maximum Gasteiger partial charge on any atom is 0.247 e.